The molecule has 2 aromatic carbocycles. The summed E-state index contributed by atoms with van der Waals surface area (Å²) in [5.41, 5.74) is 2.42. The summed E-state index contributed by atoms with van der Waals surface area (Å²) in [6.45, 7) is 5.81. The van der Waals surface area contributed by atoms with Crippen molar-refractivity contribution >= 4 is 40.3 Å². The summed E-state index contributed by atoms with van der Waals surface area (Å²) in [6, 6.07) is 13.4. The molecule has 210 valence electrons. The van der Waals surface area contributed by atoms with E-state index in [9.17, 15) is 4.79 Å². The van der Waals surface area contributed by atoms with Crippen LogP contribution in [0.2, 0.25) is 0 Å². The first kappa shape index (κ1) is 32.1. The quantitative estimate of drug-likeness (QED) is 0.182. The van der Waals surface area contributed by atoms with Crippen LogP contribution in [0, 0.1) is 0 Å². The Labute approximate surface area is 244 Å². The summed E-state index contributed by atoms with van der Waals surface area (Å²) in [5, 5.41) is 3.05. The average molecular weight is 606 g/mol. The largest absolute Gasteiger partial charge is 0.497 e. The second-order valence-corrected chi connectivity index (χ2v) is 11.0. The number of methoxy groups -OCH3 is 1. The topological polar surface area (TPSA) is 50.8 Å². The predicted molar refractivity (Wildman–Crippen MR) is 167 cm³/mol. The second-order valence-electron chi connectivity index (χ2n) is 9.81. The first-order valence-corrected chi connectivity index (χ1v) is 14.8. The lowest BCUT2D eigenvalue weighted by molar-refractivity contribution is 0.102. The lowest BCUT2D eigenvalue weighted by atomic mass is 10.1. The molecule has 38 heavy (non-hydrogen) atoms. The number of hydrogen-bond donors (Lipinski definition) is 1. The highest BCUT2D eigenvalue weighted by Crippen LogP contribution is 2.30. The molecule has 0 aromatic heterocycles. The van der Waals surface area contributed by atoms with Crippen LogP contribution >= 0.6 is 28.7 Å². The van der Waals surface area contributed by atoms with E-state index in [1.807, 2.05) is 48.2 Å². The number of carbonyl (C=O) groups is 1. The number of allylic oxidation sites excluding steroid dienone is 1. The van der Waals surface area contributed by atoms with Gasteiger partial charge in [0.05, 0.1) is 25.3 Å². The van der Waals surface area contributed by atoms with Crippen LogP contribution in [0.15, 0.2) is 53.6 Å². The zero-order valence-electron chi connectivity index (χ0n) is 23.3. The number of rotatable bonds is 17. The minimum atomic E-state index is -0.140. The van der Waals surface area contributed by atoms with Crippen molar-refractivity contribution in [2.75, 3.05) is 24.9 Å². The minimum absolute atomic E-state index is 0. The summed E-state index contributed by atoms with van der Waals surface area (Å²) in [7, 11) is 1.64. The lowest BCUT2D eigenvalue weighted by Crippen LogP contribution is -2.15. The molecule has 2 aromatic rings. The molecule has 0 unspecified atom stereocenters. The molecule has 0 bridgehead atoms. The summed E-state index contributed by atoms with van der Waals surface area (Å²) >= 11 is 1.84. The molecule has 1 N–H and O–H groups in total. The fourth-order valence-corrected chi connectivity index (χ4v) is 5.23. The SMILES string of the molecule is Br.CCCCCCCCCCCCOc1cc(OC)ccc1NC(=O)c1cccc(CN2C=C(C)SC2)c1. The summed E-state index contributed by atoms with van der Waals surface area (Å²) in [4.78, 5) is 16.7. The van der Waals surface area contributed by atoms with Gasteiger partial charge in [-0.1, -0.05) is 76.8 Å². The standard InChI is InChI=1S/C31H44N2O3S.BrH/c1-4-5-6-7-8-9-10-11-12-13-19-36-30-21-28(35-3)17-18-29(30)32-31(34)27-16-14-15-26(20-27)23-33-22-25(2)37-24-33;/h14-18,20-22H,4-13,19,23-24H2,1-3H3,(H,32,34);1H. The number of ether oxygens (including phenoxy) is 2. The molecule has 0 spiro atoms. The first-order chi connectivity index (χ1) is 18.1. The van der Waals surface area contributed by atoms with E-state index in [-0.39, 0.29) is 22.9 Å². The van der Waals surface area contributed by atoms with E-state index >= 15 is 0 Å². The highest BCUT2D eigenvalue weighted by atomic mass is 79.9. The number of carbonyl (C=O) groups excluding carboxylic acids is 1. The van der Waals surface area contributed by atoms with E-state index < -0.39 is 0 Å². The van der Waals surface area contributed by atoms with Crippen molar-refractivity contribution in [1.29, 1.82) is 0 Å². The maximum absolute atomic E-state index is 13.1. The van der Waals surface area contributed by atoms with Crippen LogP contribution in [0.25, 0.3) is 0 Å². The Morgan fingerprint density at radius 1 is 0.974 bits per heavy atom. The molecule has 1 amide bonds. The monoisotopic (exact) mass is 604 g/mol. The number of benzene rings is 2. The number of nitrogens with one attached hydrogen (secondary N) is 1. The van der Waals surface area contributed by atoms with Gasteiger partial charge >= 0.3 is 0 Å². The lowest BCUT2D eigenvalue weighted by Gasteiger charge is -2.16. The molecule has 1 aliphatic heterocycles. The molecule has 0 saturated carbocycles. The molecular weight excluding hydrogens is 560 g/mol. The number of amides is 1. The van der Waals surface area contributed by atoms with Gasteiger partial charge < -0.3 is 19.7 Å². The van der Waals surface area contributed by atoms with E-state index in [2.05, 4.69) is 36.3 Å². The van der Waals surface area contributed by atoms with Crippen molar-refractivity contribution in [3.63, 3.8) is 0 Å². The maximum Gasteiger partial charge on any atom is 0.255 e. The van der Waals surface area contributed by atoms with Crippen molar-refractivity contribution in [2.24, 2.45) is 0 Å². The second kappa shape index (κ2) is 18.2. The molecule has 1 aliphatic rings. The number of nitrogens with zero attached hydrogens (tertiary/aromatic N) is 1. The molecule has 0 fully saturated rings. The van der Waals surface area contributed by atoms with E-state index in [0.29, 0.717) is 29.4 Å². The molecule has 0 radical (unpaired) electrons. The van der Waals surface area contributed by atoms with Crippen molar-refractivity contribution in [3.8, 4) is 11.5 Å². The molecule has 1 heterocycles. The third kappa shape index (κ3) is 11.3. The Hall–Kier alpha value is -2.12. The Kier molecular flexibility index (Phi) is 15.4. The zero-order chi connectivity index (χ0) is 26.3. The van der Waals surface area contributed by atoms with Crippen molar-refractivity contribution in [3.05, 3.63) is 64.7 Å². The average Bonchev–Trinajstić information content (AvgIpc) is 3.32. The number of hydrogen-bond acceptors (Lipinski definition) is 5. The molecular formula is C31H45BrN2O3S. The van der Waals surface area contributed by atoms with Crippen LogP contribution in [0.3, 0.4) is 0 Å². The molecule has 0 saturated heterocycles. The van der Waals surface area contributed by atoms with Gasteiger partial charge in [0.25, 0.3) is 5.91 Å². The van der Waals surface area contributed by atoms with Gasteiger partial charge in [0.2, 0.25) is 0 Å². The normalized spacial score (nSPS) is 12.6. The summed E-state index contributed by atoms with van der Waals surface area (Å²) in [5.74, 6) is 2.17. The summed E-state index contributed by atoms with van der Waals surface area (Å²) < 4.78 is 11.5. The molecule has 0 aliphatic carbocycles. The van der Waals surface area contributed by atoms with Gasteiger partial charge in [-0.2, -0.15) is 0 Å². The molecule has 5 nitrogen and oxygen atoms in total. The third-order valence-electron chi connectivity index (χ3n) is 6.59. The smallest absolute Gasteiger partial charge is 0.255 e. The molecule has 3 rings (SSSR count). The van der Waals surface area contributed by atoms with Gasteiger partial charge in [-0.3, -0.25) is 4.79 Å². The predicted octanol–water partition coefficient (Wildman–Crippen LogP) is 9.19. The zero-order valence-corrected chi connectivity index (χ0v) is 25.8. The van der Waals surface area contributed by atoms with Crippen molar-refractivity contribution < 1.29 is 14.3 Å². The summed E-state index contributed by atoms with van der Waals surface area (Å²) in [6.07, 6.45) is 15.0. The van der Waals surface area contributed by atoms with Crippen LogP contribution in [0.4, 0.5) is 5.69 Å². The maximum atomic E-state index is 13.1. The fourth-order valence-electron chi connectivity index (χ4n) is 4.47. The van der Waals surface area contributed by atoms with Gasteiger partial charge in [0, 0.05) is 24.4 Å². The third-order valence-corrected chi connectivity index (χ3v) is 7.61. The van der Waals surface area contributed by atoms with Gasteiger partial charge in [-0.25, -0.2) is 0 Å². The van der Waals surface area contributed by atoms with E-state index in [1.165, 1.54) is 56.3 Å². The van der Waals surface area contributed by atoms with Crippen LogP contribution in [0.1, 0.15) is 94.0 Å². The van der Waals surface area contributed by atoms with Crippen LogP contribution in [-0.2, 0) is 6.54 Å². The van der Waals surface area contributed by atoms with E-state index in [0.717, 1.165) is 30.8 Å². The Morgan fingerprint density at radius 2 is 1.68 bits per heavy atom. The van der Waals surface area contributed by atoms with Gasteiger partial charge in [-0.15, -0.1) is 28.7 Å². The van der Waals surface area contributed by atoms with E-state index in [4.69, 9.17) is 9.47 Å². The first-order valence-electron chi connectivity index (χ1n) is 13.9. The van der Waals surface area contributed by atoms with Crippen molar-refractivity contribution in [2.45, 2.75) is 84.6 Å². The Bertz CT molecular complexity index is 1010. The molecule has 7 heteroatoms. The van der Waals surface area contributed by atoms with Crippen LogP contribution in [-0.4, -0.2) is 30.4 Å². The number of halogens is 1. The minimum Gasteiger partial charge on any atom is -0.497 e. The van der Waals surface area contributed by atoms with Gasteiger partial charge in [0.1, 0.15) is 11.5 Å². The van der Waals surface area contributed by atoms with Crippen LogP contribution < -0.4 is 14.8 Å². The fraction of sp³-hybridized carbons (Fsp3) is 0.516. The van der Waals surface area contributed by atoms with Gasteiger partial charge in [-0.05, 0) is 48.1 Å². The number of anilines is 1. The van der Waals surface area contributed by atoms with Crippen molar-refractivity contribution in [1.82, 2.24) is 4.90 Å². The number of unbranched alkanes of at least 4 members (excludes halogenated alkanes) is 9. The van der Waals surface area contributed by atoms with Crippen LogP contribution in [0.5, 0.6) is 11.5 Å². The molecule has 0 atom stereocenters. The Morgan fingerprint density at radius 3 is 2.34 bits per heavy atom. The van der Waals surface area contributed by atoms with E-state index in [1.54, 1.807) is 7.11 Å². The van der Waals surface area contributed by atoms with Gasteiger partial charge in [0.15, 0.2) is 0 Å². The highest BCUT2D eigenvalue weighted by molar-refractivity contribution is 8.93. The number of thioether (sulfide) groups is 1. The highest BCUT2D eigenvalue weighted by Gasteiger charge is 2.14. The Balaban J connectivity index is 0.00000507.